The van der Waals surface area contributed by atoms with Crippen molar-refractivity contribution in [2.24, 2.45) is 5.92 Å². The van der Waals surface area contributed by atoms with E-state index in [1.807, 2.05) is 6.92 Å². The van der Waals surface area contributed by atoms with Crippen molar-refractivity contribution in [1.82, 2.24) is 14.9 Å². The van der Waals surface area contributed by atoms with Gasteiger partial charge >= 0.3 is 0 Å². The van der Waals surface area contributed by atoms with E-state index in [1.165, 1.54) is 22.2 Å². The Labute approximate surface area is 155 Å². The van der Waals surface area contributed by atoms with Crippen LogP contribution in [0.25, 0.3) is 10.2 Å². The minimum Gasteiger partial charge on any atom is -0.344 e. The van der Waals surface area contributed by atoms with Gasteiger partial charge in [0.15, 0.2) is 5.16 Å². The summed E-state index contributed by atoms with van der Waals surface area (Å²) in [6.07, 6.45) is 8.25. The molecule has 2 heterocycles. The van der Waals surface area contributed by atoms with Crippen molar-refractivity contribution in [1.29, 1.82) is 0 Å². The predicted molar refractivity (Wildman–Crippen MR) is 103 cm³/mol. The minimum atomic E-state index is -0.153. The highest BCUT2D eigenvalue weighted by atomic mass is 32.2. The first-order chi connectivity index (χ1) is 12.0. The molecule has 0 bridgehead atoms. The second-order valence-electron chi connectivity index (χ2n) is 6.25. The van der Waals surface area contributed by atoms with Crippen LogP contribution in [-0.2, 0) is 24.2 Å². The van der Waals surface area contributed by atoms with Gasteiger partial charge in [0.1, 0.15) is 4.83 Å². The van der Waals surface area contributed by atoms with E-state index < -0.39 is 0 Å². The number of rotatable bonds is 5. The van der Waals surface area contributed by atoms with Crippen molar-refractivity contribution in [3.8, 4) is 12.3 Å². The standard InChI is InChI=1S/C18H21N3O2S2/c1-4-8-19-14(22)10-24-18-20-16-15(17(23)21(18)5-2)12-7-6-11(3)9-13(12)25-16/h1,11H,5-10H2,2-3H3,(H,19,22). The highest BCUT2D eigenvalue weighted by molar-refractivity contribution is 7.99. The zero-order valence-electron chi connectivity index (χ0n) is 14.4. The van der Waals surface area contributed by atoms with Gasteiger partial charge in [0.05, 0.1) is 17.7 Å². The third-order valence-corrected chi connectivity index (χ3v) is 6.54. The molecular formula is C18H21N3O2S2. The number of nitrogens with zero attached hydrogens (tertiary/aromatic N) is 2. The van der Waals surface area contributed by atoms with E-state index >= 15 is 0 Å². The number of fused-ring (bicyclic) bond motifs is 3. The zero-order valence-corrected chi connectivity index (χ0v) is 16.1. The number of aryl methyl sites for hydroxylation is 1. The molecule has 1 unspecified atom stereocenters. The number of aromatic nitrogens is 2. The molecule has 0 radical (unpaired) electrons. The van der Waals surface area contributed by atoms with E-state index in [2.05, 4.69) is 18.2 Å². The molecule has 0 fully saturated rings. The summed E-state index contributed by atoms with van der Waals surface area (Å²) in [5, 5.41) is 4.01. The van der Waals surface area contributed by atoms with Crippen molar-refractivity contribution < 1.29 is 4.79 Å². The molecule has 2 aromatic heterocycles. The third-order valence-electron chi connectivity index (χ3n) is 4.42. The number of thioether (sulfide) groups is 1. The van der Waals surface area contributed by atoms with Crippen LogP contribution in [0, 0.1) is 18.3 Å². The van der Waals surface area contributed by atoms with Crippen molar-refractivity contribution >= 4 is 39.2 Å². The molecule has 5 nitrogen and oxygen atoms in total. The molecule has 0 aromatic carbocycles. The topological polar surface area (TPSA) is 64.0 Å². The molecule has 1 aliphatic rings. The first-order valence-electron chi connectivity index (χ1n) is 8.43. The molecule has 0 spiro atoms. The van der Waals surface area contributed by atoms with E-state index in [-0.39, 0.29) is 23.8 Å². The van der Waals surface area contributed by atoms with E-state index in [0.717, 1.165) is 29.5 Å². The minimum absolute atomic E-state index is 0.0195. The van der Waals surface area contributed by atoms with Crippen LogP contribution >= 0.6 is 23.1 Å². The Kier molecular flexibility index (Phi) is 5.50. The molecule has 1 N–H and O–H groups in total. The summed E-state index contributed by atoms with van der Waals surface area (Å²) in [5.74, 6) is 3.07. The summed E-state index contributed by atoms with van der Waals surface area (Å²) in [4.78, 5) is 31.6. The van der Waals surface area contributed by atoms with Crippen LogP contribution in [0.15, 0.2) is 9.95 Å². The quantitative estimate of drug-likeness (QED) is 0.495. The van der Waals surface area contributed by atoms with Gasteiger partial charge in [-0.3, -0.25) is 14.2 Å². The van der Waals surface area contributed by atoms with Crippen LogP contribution in [0.3, 0.4) is 0 Å². The number of carbonyl (C=O) groups excluding carboxylic acids is 1. The lowest BCUT2D eigenvalue weighted by Gasteiger charge is -2.17. The Morgan fingerprint density at radius 2 is 2.36 bits per heavy atom. The monoisotopic (exact) mass is 375 g/mol. The van der Waals surface area contributed by atoms with E-state index in [4.69, 9.17) is 11.4 Å². The average molecular weight is 376 g/mol. The van der Waals surface area contributed by atoms with E-state index in [0.29, 0.717) is 17.6 Å². The van der Waals surface area contributed by atoms with Gasteiger partial charge in [0.2, 0.25) is 5.91 Å². The molecule has 2 aromatic rings. The number of thiophene rings is 1. The summed E-state index contributed by atoms with van der Waals surface area (Å²) >= 11 is 2.92. The Balaban J connectivity index is 1.96. The summed E-state index contributed by atoms with van der Waals surface area (Å²) in [6, 6.07) is 0. The predicted octanol–water partition coefficient (Wildman–Crippen LogP) is 2.44. The summed E-state index contributed by atoms with van der Waals surface area (Å²) in [7, 11) is 0. The van der Waals surface area contributed by atoms with Gasteiger partial charge in [-0.15, -0.1) is 17.8 Å². The Bertz CT molecular complexity index is 908. The first kappa shape index (κ1) is 18.0. The van der Waals surface area contributed by atoms with Gasteiger partial charge in [-0.05, 0) is 37.7 Å². The summed E-state index contributed by atoms with van der Waals surface area (Å²) < 4.78 is 1.67. The molecular weight excluding hydrogens is 354 g/mol. The SMILES string of the molecule is C#CCNC(=O)CSc1nc2sc3c(c2c(=O)n1CC)CCC(C)C3. The van der Waals surface area contributed by atoms with Crippen molar-refractivity contribution in [3.05, 3.63) is 20.8 Å². The fourth-order valence-electron chi connectivity index (χ4n) is 3.12. The molecule has 3 rings (SSSR count). The van der Waals surface area contributed by atoms with E-state index in [1.54, 1.807) is 15.9 Å². The van der Waals surface area contributed by atoms with Gasteiger partial charge in [-0.25, -0.2) is 4.98 Å². The number of terminal acetylenes is 1. The normalized spacial score (nSPS) is 16.4. The van der Waals surface area contributed by atoms with Crippen LogP contribution in [0.5, 0.6) is 0 Å². The molecule has 25 heavy (non-hydrogen) atoms. The van der Waals surface area contributed by atoms with Crippen molar-refractivity contribution in [2.45, 2.75) is 44.8 Å². The Morgan fingerprint density at radius 3 is 3.08 bits per heavy atom. The van der Waals surface area contributed by atoms with Gasteiger partial charge in [0, 0.05) is 11.4 Å². The fraction of sp³-hybridized carbons (Fsp3) is 0.500. The van der Waals surface area contributed by atoms with Gasteiger partial charge in [-0.1, -0.05) is 24.6 Å². The number of nitrogens with one attached hydrogen (secondary N) is 1. The first-order valence-corrected chi connectivity index (χ1v) is 10.2. The largest absolute Gasteiger partial charge is 0.344 e. The Hall–Kier alpha value is -1.78. The fourth-order valence-corrected chi connectivity index (χ4v) is 5.44. The molecule has 0 aliphatic heterocycles. The van der Waals surface area contributed by atoms with Gasteiger partial charge in [-0.2, -0.15) is 0 Å². The molecule has 1 amide bonds. The summed E-state index contributed by atoms with van der Waals surface area (Å²) in [6.45, 7) is 4.93. The molecule has 1 aliphatic carbocycles. The molecule has 1 atom stereocenters. The zero-order chi connectivity index (χ0) is 18.0. The second kappa shape index (κ2) is 7.63. The summed E-state index contributed by atoms with van der Waals surface area (Å²) in [5.41, 5.74) is 1.21. The number of amides is 1. The average Bonchev–Trinajstić information content (AvgIpc) is 2.95. The maximum absolute atomic E-state index is 13.0. The molecule has 0 saturated carbocycles. The van der Waals surface area contributed by atoms with Crippen LogP contribution in [0.4, 0.5) is 0 Å². The van der Waals surface area contributed by atoms with Crippen molar-refractivity contribution in [3.63, 3.8) is 0 Å². The van der Waals surface area contributed by atoms with Crippen molar-refractivity contribution in [2.75, 3.05) is 12.3 Å². The second-order valence-corrected chi connectivity index (χ2v) is 8.27. The van der Waals surface area contributed by atoms with Crippen LogP contribution in [-0.4, -0.2) is 27.8 Å². The van der Waals surface area contributed by atoms with Gasteiger partial charge in [0.25, 0.3) is 5.56 Å². The highest BCUT2D eigenvalue weighted by Gasteiger charge is 2.24. The maximum Gasteiger partial charge on any atom is 0.263 e. The number of hydrogen-bond acceptors (Lipinski definition) is 5. The van der Waals surface area contributed by atoms with Crippen LogP contribution in [0.2, 0.25) is 0 Å². The lowest BCUT2D eigenvalue weighted by Crippen LogP contribution is -2.27. The van der Waals surface area contributed by atoms with Gasteiger partial charge < -0.3 is 5.32 Å². The smallest absolute Gasteiger partial charge is 0.263 e. The maximum atomic E-state index is 13.0. The third kappa shape index (κ3) is 3.60. The molecule has 7 heteroatoms. The lowest BCUT2D eigenvalue weighted by molar-refractivity contribution is -0.118. The molecule has 0 saturated heterocycles. The van der Waals surface area contributed by atoms with E-state index in [9.17, 15) is 9.59 Å². The number of hydrogen-bond donors (Lipinski definition) is 1. The molecule has 132 valence electrons. The van der Waals surface area contributed by atoms with Crippen LogP contribution < -0.4 is 10.9 Å². The van der Waals surface area contributed by atoms with Crippen LogP contribution in [0.1, 0.15) is 30.7 Å². The lowest BCUT2D eigenvalue weighted by atomic mass is 9.89. The number of carbonyl (C=O) groups is 1. The Morgan fingerprint density at radius 1 is 1.56 bits per heavy atom. The highest BCUT2D eigenvalue weighted by Crippen LogP contribution is 2.36.